The van der Waals surface area contributed by atoms with Gasteiger partial charge < -0.3 is 44.1 Å². The number of carboxylic acid groups (broad SMARTS) is 4. The zero-order valence-corrected chi connectivity index (χ0v) is 12.4. The van der Waals surface area contributed by atoms with Gasteiger partial charge in [-0.15, -0.1) is 0 Å². The molecule has 0 aromatic carbocycles. The Labute approximate surface area is 125 Å². The minimum atomic E-state index is -2.19. The van der Waals surface area contributed by atoms with Crippen molar-refractivity contribution >= 4 is 32.3 Å². The van der Waals surface area contributed by atoms with E-state index in [4.69, 9.17) is 39.6 Å². The molecule has 0 radical (unpaired) electrons. The second kappa shape index (κ2) is 14.3. The third kappa shape index (κ3) is 20.4. The Balaban J connectivity index is -0.000000102. The second-order valence-electron chi connectivity index (χ2n) is 3.72. The minimum Gasteiger partial charge on any atom is -0.543 e. The van der Waals surface area contributed by atoms with Gasteiger partial charge in [0.25, 0.3) is 0 Å². The van der Waals surface area contributed by atoms with E-state index in [9.17, 15) is 0 Å². The molecule has 0 unspecified atom stereocenters. The van der Waals surface area contributed by atoms with E-state index < -0.39 is 23.9 Å². The molecule has 0 aliphatic heterocycles. The maximum atomic E-state index is 8.93. The molecule has 21 heavy (non-hydrogen) atoms. The Kier molecular flexibility index (Phi) is 18.6. The summed E-state index contributed by atoms with van der Waals surface area (Å²) in [4.78, 5) is 35.7. The van der Waals surface area contributed by atoms with Crippen molar-refractivity contribution in [2.24, 2.45) is 0 Å². The molecule has 0 N–H and O–H groups in total. The third-order valence-corrected chi connectivity index (χ3v) is 2.62. The first-order chi connectivity index (χ1) is 8.97. The molecule has 0 spiro atoms. The maximum Gasteiger partial charge on any atom is 3.00 e. The van der Waals surface area contributed by atoms with Gasteiger partial charge in [-0.3, -0.25) is 0 Å². The van der Waals surface area contributed by atoms with Gasteiger partial charge in [0.05, 0.1) is 50.6 Å². The first-order valence-corrected chi connectivity index (χ1v) is 5.65. The zero-order valence-electron chi connectivity index (χ0n) is 12.4. The SMILES string of the molecule is CC[N+](C)(CC)CC.O=C([O-])C(=O)[O-].O=C([O-])C(=O)[O-].[B+3]. The molecule has 0 aromatic heterocycles. The summed E-state index contributed by atoms with van der Waals surface area (Å²) >= 11 is 0. The third-order valence-electron chi connectivity index (χ3n) is 2.62. The molecule has 10 heteroatoms. The van der Waals surface area contributed by atoms with Crippen LogP contribution in [-0.2, 0) is 19.2 Å². The number of aliphatic carboxylic acids is 4. The molecule has 0 bridgehead atoms. The normalized spacial score (nSPS) is 8.76. The molecule has 0 rings (SSSR count). The minimum absolute atomic E-state index is 0. The summed E-state index contributed by atoms with van der Waals surface area (Å²) in [6.45, 7) is 10.5. The van der Waals surface area contributed by atoms with Crippen molar-refractivity contribution in [1.82, 2.24) is 0 Å². The Morgan fingerprint density at radius 2 is 0.810 bits per heavy atom. The van der Waals surface area contributed by atoms with Gasteiger partial charge in [0.2, 0.25) is 0 Å². The van der Waals surface area contributed by atoms with Crippen LogP contribution in [-0.4, -0.2) is 63.5 Å². The van der Waals surface area contributed by atoms with Crippen LogP contribution >= 0.6 is 0 Å². The second-order valence-corrected chi connectivity index (χ2v) is 3.72. The van der Waals surface area contributed by atoms with Crippen LogP contribution < -0.4 is 20.4 Å². The van der Waals surface area contributed by atoms with Crippen LogP contribution in [0.5, 0.6) is 0 Å². The average Bonchev–Trinajstić information content (AvgIpc) is 2.39. The molecule has 0 aliphatic carbocycles. The molecular weight excluding hydrogens is 285 g/mol. The van der Waals surface area contributed by atoms with E-state index in [1.807, 2.05) is 0 Å². The van der Waals surface area contributed by atoms with Crippen LogP contribution in [0.1, 0.15) is 20.8 Å². The Bertz CT molecular complexity index is 285. The summed E-state index contributed by atoms with van der Waals surface area (Å²) in [5.41, 5.74) is 0. The quantitative estimate of drug-likeness (QED) is 0.283. The summed E-state index contributed by atoms with van der Waals surface area (Å²) in [5.74, 6) is -8.74. The molecule has 0 atom stereocenters. The zero-order chi connectivity index (χ0) is 16.9. The van der Waals surface area contributed by atoms with E-state index in [1.54, 1.807) is 0 Å². The summed E-state index contributed by atoms with van der Waals surface area (Å²) < 4.78 is 1.21. The fourth-order valence-corrected chi connectivity index (χ4v) is 0.671. The van der Waals surface area contributed by atoms with Crippen LogP contribution in [0.3, 0.4) is 0 Å². The molecular formula is C11H18BNO8. The standard InChI is InChI=1S/C7H18N.2C2H2O4.B/c1-5-8(4,6-2)7-3;2*3-1(4)2(5)6;/h5-7H2,1-4H3;2*(H,3,4)(H,5,6);/q+1;;;+3/p-4. The number of nitrogens with zero attached hydrogens (tertiary/aromatic N) is 1. The number of carboxylic acids is 4. The molecule has 0 fully saturated rings. The van der Waals surface area contributed by atoms with Gasteiger partial charge in [-0.1, -0.05) is 0 Å². The van der Waals surface area contributed by atoms with Crippen molar-refractivity contribution < 1.29 is 44.1 Å². The number of hydrogen-bond acceptors (Lipinski definition) is 8. The Morgan fingerprint density at radius 3 is 0.810 bits per heavy atom. The summed E-state index contributed by atoms with van der Waals surface area (Å²) in [7, 11) is 2.29. The molecule has 0 saturated heterocycles. The van der Waals surface area contributed by atoms with Crippen LogP contribution in [0.25, 0.3) is 0 Å². The van der Waals surface area contributed by atoms with Gasteiger partial charge in [-0.05, 0) is 20.8 Å². The van der Waals surface area contributed by atoms with E-state index in [0.717, 1.165) is 0 Å². The van der Waals surface area contributed by atoms with Crippen molar-refractivity contribution in [1.29, 1.82) is 0 Å². The van der Waals surface area contributed by atoms with E-state index in [1.165, 1.54) is 24.1 Å². The predicted molar refractivity (Wildman–Crippen MR) is 63.6 cm³/mol. The van der Waals surface area contributed by atoms with Crippen LogP contribution in [0.15, 0.2) is 0 Å². The number of carbonyl (C=O) groups excluding carboxylic acids is 4. The fraction of sp³-hybridized carbons (Fsp3) is 0.636. The monoisotopic (exact) mass is 303 g/mol. The number of rotatable bonds is 3. The van der Waals surface area contributed by atoms with Crippen molar-refractivity contribution in [2.45, 2.75) is 20.8 Å². The molecule has 0 amide bonds. The molecule has 0 aromatic rings. The molecule has 0 saturated carbocycles. The molecule has 118 valence electrons. The van der Waals surface area contributed by atoms with Crippen LogP contribution in [0, 0.1) is 0 Å². The Hall–Kier alpha value is -2.10. The smallest absolute Gasteiger partial charge is 0.543 e. The summed E-state index contributed by atoms with van der Waals surface area (Å²) in [6, 6.07) is 0. The average molecular weight is 303 g/mol. The van der Waals surface area contributed by atoms with Crippen molar-refractivity contribution in [2.75, 3.05) is 26.7 Å². The van der Waals surface area contributed by atoms with E-state index in [-0.39, 0.29) is 8.41 Å². The van der Waals surface area contributed by atoms with E-state index in [0.29, 0.717) is 0 Å². The largest absolute Gasteiger partial charge is 3.00 e. The fourth-order valence-electron chi connectivity index (χ4n) is 0.671. The van der Waals surface area contributed by atoms with Crippen LogP contribution in [0.2, 0.25) is 0 Å². The number of hydrogen-bond donors (Lipinski definition) is 0. The van der Waals surface area contributed by atoms with E-state index >= 15 is 0 Å². The number of carbonyl (C=O) groups is 4. The van der Waals surface area contributed by atoms with Crippen molar-refractivity contribution in [3.05, 3.63) is 0 Å². The first kappa shape index (κ1) is 27.3. The Morgan fingerprint density at radius 1 is 0.667 bits per heavy atom. The first-order valence-electron chi connectivity index (χ1n) is 5.65. The van der Waals surface area contributed by atoms with Gasteiger partial charge in [-0.25, -0.2) is 0 Å². The van der Waals surface area contributed by atoms with Crippen molar-refractivity contribution in [3.8, 4) is 0 Å². The maximum absolute atomic E-state index is 8.93. The van der Waals surface area contributed by atoms with Gasteiger partial charge in [-0.2, -0.15) is 0 Å². The van der Waals surface area contributed by atoms with E-state index in [2.05, 4.69) is 27.8 Å². The molecule has 0 heterocycles. The van der Waals surface area contributed by atoms with Crippen molar-refractivity contribution in [3.63, 3.8) is 0 Å². The van der Waals surface area contributed by atoms with Gasteiger partial charge in [0, 0.05) is 0 Å². The predicted octanol–water partition coefficient (Wildman–Crippen LogP) is -5.92. The van der Waals surface area contributed by atoms with Gasteiger partial charge in [0.1, 0.15) is 0 Å². The topological polar surface area (TPSA) is 161 Å². The van der Waals surface area contributed by atoms with Crippen LogP contribution in [0.4, 0.5) is 0 Å². The van der Waals surface area contributed by atoms with Gasteiger partial charge in [0.15, 0.2) is 0 Å². The van der Waals surface area contributed by atoms with Gasteiger partial charge >= 0.3 is 8.41 Å². The summed E-state index contributed by atoms with van der Waals surface area (Å²) in [6.07, 6.45) is 0. The molecule has 0 aliphatic rings. The summed E-state index contributed by atoms with van der Waals surface area (Å²) in [5, 5.41) is 35.7. The number of quaternary nitrogens is 1. The molecule has 9 nitrogen and oxygen atoms in total.